The number of imidazole rings is 1. The standard InChI is InChI=1S/C15H18N2OS/c18-15(8-11-4-3-5-12(9-15)19-11)13-10-16-14-6-1-2-7-17(13)14/h1-2,6-7,10-12,18H,3-5,8-9H2. The van der Waals surface area contributed by atoms with Crippen LogP contribution in [0.2, 0.25) is 0 Å². The smallest absolute Gasteiger partial charge is 0.136 e. The van der Waals surface area contributed by atoms with Crippen LogP contribution in [0.25, 0.3) is 5.65 Å². The summed E-state index contributed by atoms with van der Waals surface area (Å²) in [6.45, 7) is 0. The Bertz CT molecular complexity index is 597. The molecule has 0 radical (unpaired) electrons. The molecule has 2 saturated heterocycles. The highest BCUT2D eigenvalue weighted by atomic mass is 32.2. The van der Waals surface area contributed by atoms with E-state index in [0.717, 1.165) is 24.2 Å². The van der Waals surface area contributed by atoms with Gasteiger partial charge in [0.1, 0.15) is 11.2 Å². The number of hydrogen-bond acceptors (Lipinski definition) is 3. The molecule has 3 nitrogen and oxygen atoms in total. The summed E-state index contributed by atoms with van der Waals surface area (Å²) < 4.78 is 2.05. The van der Waals surface area contributed by atoms with Crippen molar-refractivity contribution < 1.29 is 5.11 Å². The highest BCUT2D eigenvalue weighted by Gasteiger charge is 2.44. The van der Waals surface area contributed by atoms with Crippen molar-refractivity contribution in [3.05, 3.63) is 36.3 Å². The van der Waals surface area contributed by atoms with Crippen LogP contribution in [0.3, 0.4) is 0 Å². The van der Waals surface area contributed by atoms with Gasteiger partial charge in [-0.1, -0.05) is 12.5 Å². The van der Waals surface area contributed by atoms with E-state index >= 15 is 0 Å². The van der Waals surface area contributed by atoms with Gasteiger partial charge >= 0.3 is 0 Å². The monoisotopic (exact) mass is 274 g/mol. The summed E-state index contributed by atoms with van der Waals surface area (Å²) in [5.41, 5.74) is 1.21. The number of pyridine rings is 1. The van der Waals surface area contributed by atoms with Crippen molar-refractivity contribution in [3.63, 3.8) is 0 Å². The number of aliphatic hydroxyl groups is 1. The molecule has 2 bridgehead atoms. The van der Waals surface area contributed by atoms with Crippen LogP contribution in [0.5, 0.6) is 0 Å². The van der Waals surface area contributed by atoms with Gasteiger partial charge in [-0.2, -0.15) is 11.8 Å². The van der Waals surface area contributed by atoms with Crippen LogP contribution in [0.15, 0.2) is 30.6 Å². The van der Waals surface area contributed by atoms with Gasteiger partial charge in [0, 0.05) is 16.7 Å². The van der Waals surface area contributed by atoms with Gasteiger partial charge in [-0.25, -0.2) is 4.98 Å². The Morgan fingerprint density at radius 3 is 2.84 bits per heavy atom. The zero-order chi connectivity index (χ0) is 12.9. The molecule has 0 saturated carbocycles. The van der Waals surface area contributed by atoms with Crippen LogP contribution in [0, 0.1) is 0 Å². The molecule has 0 amide bonds. The highest BCUT2D eigenvalue weighted by Crippen LogP contribution is 2.49. The first-order chi connectivity index (χ1) is 9.24. The van der Waals surface area contributed by atoms with Gasteiger partial charge in [-0.3, -0.25) is 0 Å². The third-order valence-corrected chi connectivity index (χ3v) is 6.04. The Labute approximate surface area is 117 Å². The van der Waals surface area contributed by atoms with Gasteiger partial charge in [0.2, 0.25) is 0 Å². The topological polar surface area (TPSA) is 37.5 Å². The molecule has 4 heterocycles. The molecule has 2 aliphatic heterocycles. The van der Waals surface area contributed by atoms with Crippen molar-refractivity contribution in [2.24, 2.45) is 0 Å². The van der Waals surface area contributed by atoms with Gasteiger partial charge in [-0.05, 0) is 37.8 Å². The number of hydrogen-bond donors (Lipinski definition) is 1. The number of aromatic nitrogens is 2. The lowest BCUT2D eigenvalue weighted by atomic mass is 9.83. The van der Waals surface area contributed by atoms with Crippen molar-refractivity contribution in [2.75, 3.05) is 0 Å². The maximum Gasteiger partial charge on any atom is 0.136 e. The van der Waals surface area contributed by atoms with Gasteiger partial charge in [0.25, 0.3) is 0 Å². The summed E-state index contributed by atoms with van der Waals surface area (Å²) in [5, 5.41) is 12.4. The Morgan fingerprint density at radius 2 is 2.05 bits per heavy atom. The minimum atomic E-state index is -0.693. The zero-order valence-electron chi connectivity index (χ0n) is 10.8. The first kappa shape index (κ1) is 11.8. The molecule has 2 unspecified atom stereocenters. The van der Waals surface area contributed by atoms with Crippen molar-refractivity contribution >= 4 is 17.4 Å². The number of nitrogens with zero attached hydrogens (tertiary/aromatic N) is 2. The quantitative estimate of drug-likeness (QED) is 0.868. The van der Waals surface area contributed by atoms with Crippen LogP contribution in [-0.2, 0) is 5.60 Å². The predicted octanol–water partition coefficient (Wildman–Crippen LogP) is 2.97. The van der Waals surface area contributed by atoms with E-state index < -0.39 is 5.60 Å². The molecule has 2 aliphatic rings. The molecule has 1 N–H and O–H groups in total. The van der Waals surface area contributed by atoms with E-state index in [2.05, 4.69) is 16.7 Å². The van der Waals surface area contributed by atoms with Gasteiger partial charge < -0.3 is 9.51 Å². The average molecular weight is 274 g/mol. The minimum Gasteiger partial charge on any atom is -0.383 e. The number of thioether (sulfide) groups is 1. The molecule has 2 fully saturated rings. The second kappa shape index (κ2) is 4.25. The zero-order valence-corrected chi connectivity index (χ0v) is 11.6. The molecule has 2 atom stereocenters. The molecular weight excluding hydrogens is 256 g/mol. The lowest BCUT2D eigenvalue weighted by Crippen LogP contribution is -2.41. The van der Waals surface area contributed by atoms with Crippen molar-refractivity contribution in [2.45, 2.75) is 48.2 Å². The SMILES string of the molecule is OC1(c2cnc3ccccn23)CC2CCCC(C1)S2. The summed E-state index contributed by atoms with van der Waals surface area (Å²) in [6, 6.07) is 5.98. The number of rotatable bonds is 1. The summed E-state index contributed by atoms with van der Waals surface area (Å²) >= 11 is 2.09. The van der Waals surface area contributed by atoms with Gasteiger partial charge in [-0.15, -0.1) is 0 Å². The summed E-state index contributed by atoms with van der Waals surface area (Å²) in [4.78, 5) is 4.43. The molecule has 4 heteroatoms. The van der Waals surface area contributed by atoms with Crippen molar-refractivity contribution in [1.82, 2.24) is 9.38 Å². The maximum atomic E-state index is 11.2. The fourth-order valence-corrected chi connectivity index (χ4v) is 5.50. The third kappa shape index (κ3) is 1.89. The molecule has 100 valence electrons. The van der Waals surface area contributed by atoms with Crippen LogP contribution < -0.4 is 0 Å². The van der Waals surface area contributed by atoms with Gasteiger partial charge in [0.15, 0.2) is 0 Å². The Balaban J connectivity index is 1.78. The van der Waals surface area contributed by atoms with Crippen LogP contribution in [0.4, 0.5) is 0 Å². The van der Waals surface area contributed by atoms with E-state index in [0.29, 0.717) is 10.5 Å². The lowest BCUT2D eigenvalue weighted by molar-refractivity contribution is 0.00330. The average Bonchev–Trinajstić information content (AvgIpc) is 2.82. The highest BCUT2D eigenvalue weighted by molar-refractivity contribution is 8.00. The first-order valence-corrected chi connectivity index (χ1v) is 7.99. The van der Waals surface area contributed by atoms with Crippen LogP contribution >= 0.6 is 11.8 Å². The van der Waals surface area contributed by atoms with Crippen LogP contribution in [0.1, 0.15) is 37.8 Å². The van der Waals surface area contributed by atoms with E-state index in [4.69, 9.17) is 0 Å². The molecule has 0 aromatic carbocycles. The first-order valence-electron chi connectivity index (χ1n) is 7.05. The molecule has 4 rings (SSSR count). The summed E-state index contributed by atoms with van der Waals surface area (Å²) in [6.07, 6.45) is 9.44. The molecule has 0 aliphatic carbocycles. The Hall–Kier alpha value is -1.000. The van der Waals surface area contributed by atoms with E-state index in [1.165, 1.54) is 19.3 Å². The molecule has 0 spiro atoms. The van der Waals surface area contributed by atoms with E-state index in [-0.39, 0.29) is 0 Å². The summed E-state index contributed by atoms with van der Waals surface area (Å²) in [7, 11) is 0. The largest absolute Gasteiger partial charge is 0.383 e. The Morgan fingerprint density at radius 1 is 1.26 bits per heavy atom. The lowest BCUT2D eigenvalue weighted by Gasteiger charge is -2.43. The van der Waals surface area contributed by atoms with Gasteiger partial charge in [0.05, 0.1) is 11.9 Å². The molecule has 2 aromatic rings. The third-order valence-electron chi connectivity index (χ3n) is 4.46. The van der Waals surface area contributed by atoms with E-state index in [1.54, 1.807) is 0 Å². The molecule has 19 heavy (non-hydrogen) atoms. The normalized spacial score (nSPS) is 34.6. The fourth-order valence-electron chi connectivity index (χ4n) is 3.60. The Kier molecular flexibility index (Phi) is 2.64. The fraction of sp³-hybridized carbons (Fsp3) is 0.533. The molecule has 2 aromatic heterocycles. The molecular formula is C15H18N2OS. The van der Waals surface area contributed by atoms with E-state index in [9.17, 15) is 5.11 Å². The minimum absolute atomic E-state index is 0.617. The van der Waals surface area contributed by atoms with E-state index in [1.807, 2.05) is 35.0 Å². The second-order valence-corrected chi connectivity index (χ2v) is 7.43. The van der Waals surface area contributed by atoms with Crippen molar-refractivity contribution in [1.29, 1.82) is 0 Å². The number of fused-ring (bicyclic) bond motifs is 3. The summed E-state index contributed by atoms with van der Waals surface area (Å²) in [5.74, 6) is 0. The maximum absolute atomic E-state index is 11.2. The van der Waals surface area contributed by atoms with Crippen molar-refractivity contribution in [3.8, 4) is 0 Å². The predicted molar refractivity (Wildman–Crippen MR) is 77.3 cm³/mol. The second-order valence-electron chi connectivity index (χ2n) is 5.82. The van der Waals surface area contributed by atoms with Crippen LogP contribution in [-0.4, -0.2) is 25.0 Å².